The van der Waals surface area contributed by atoms with Crippen LogP contribution in [0.1, 0.15) is 11.1 Å². The molecule has 0 aromatic heterocycles. The molecule has 7 heteroatoms. The molecule has 0 radical (unpaired) electrons. The predicted molar refractivity (Wildman–Crippen MR) is 103 cm³/mol. The summed E-state index contributed by atoms with van der Waals surface area (Å²) in [6, 6.07) is 10.7. The van der Waals surface area contributed by atoms with Crippen molar-refractivity contribution in [1.29, 1.82) is 5.41 Å². The molecule has 134 valence electrons. The number of amides is 1. The number of para-hydroxylation sites is 1. The first-order chi connectivity index (χ1) is 12.5. The zero-order valence-corrected chi connectivity index (χ0v) is 15.4. The molecule has 2 aromatic rings. The van der Waals surface area contributed by atoms with Gasteiger partial charge in [0.2, 0.25) is 5.75 Å². The van der Waals surface area contributed by atoms with Gasteiger partial charge in [0, 0.05) is 0 Å². The number of anilines is 1. The summed E-state index contributed by atoms with van der Waals surface area (Å²) in [5.41, 5.74) is 2.24. The van der Waals surface area contributed by atoms with E-state index in [0.29, 0.717) is 16.2 Å². The zero-order chi connectivity index (χ0) is 18.8. The minimum Gasteiger partial charge on any atom is -0.502 e. The number of rotatable bonds is 4. The predicted octanol–water partition coefficient (Wildman–Crippen LogP) is 3.77. The molecule has 1 saturated heterocycles. The van der Waals surface area contributed by atoms with Crippen molar-refractivity contribution >= 4 is 34.6 Å². The second-order valence-corrected chi connectivity index (χ2v) is 6.65. The Morgan fingerprint density at radius 3 is 2.35 bits per heavy atom. The first-order valence-electron chi connectivity index (χ1n) is 7.79. The number of ether oxygens (including phenoxy) is 2. The summed E-state index contributed by atoms with van der Waals surface area (Å²) in [6.45, 7) is 1.90. The third-order valence-corrected chi connectivity index (χ3v) is 4.87. The lowest BCUT2D eigenvalue weighted by molar-refractivity contribution is -0.113. The van der Waals surface area contributed by atoms with Gasteiger partial charge in [0.1, 0.15) is 0 Å². The number of carbonyl (C=O) groups is 1. The lowest BCUT2D eigenvalue weighted by Gasteiger charge is -2.16. The van der Waals surface area contributed by atoms with Crippen molar-refractivity contribution in [2.75, 3.05) is 19.1 Å². The van der Waals surface area contributed by atoms with Crippen LogP contribution in [0, 0.1) is 12.3 Å². The average Bonchev–Trinajstić information content (AvgIpc) is 2.90. The highest BCUT2D eigenvalue weighted by atomic mass is 32.2. The van der Waals surface area contributed by atoms with E-state index in [2.05, 4.69) is 0 Å². The van der Waals surface area contributed by atoms with Gasteiger partial charge in [-0.15, -0.1) is 0 Å². The Hall–Kier alpha value is -2.93. The maximum atomic E-state index is 12.8. The van der Waals surface area contributed by atoms with Crippen LogP contribution >= 0.6 is 11.8 Å². The molecule has 1 heterocycles. The number of methoxy groups -OCH3 is 2. The Kier molecular flexibility index (Phi) is 4.90. The van der Waals surface area contributed by atoms with E-state index in [4.69, 9.17) is 14.9 Å². The molecule has 2 aromatic carbocycles. The van der Waals surface area contributed by atoms with Crippen LogP contribution in [0.3, 0.4) is 0 Å². The highest BCUT2D eigenvalue weighted by Crippen LogP contribution is 2.40. The molecule has 26 heavy (non-hydrogen) atoms. The number of phenols is 1. The van der Waals surface area contributed by atoms with E-state index in [-0.39, 0.29) is 28.3 Å². The Balaban J connectivity index is 2.00. The van der Waals surface area contributed by atoms with Gasteiger partial charge in [0.15, 0.2) is 16.7 Å². The molecule has 3 rings (SSSR count). The Morgan fingerprint density at radius 1 is 1.15 bits per heavy atom. The molecule has 0 bridgehead atoms. The Morgan fingerprint density at radius 2 is 1.77 bits per heavy atom. The van der Waals surface area contributed by atoms with Crippen LogP contribution in [0.5, 0.6) is 17.2 Å². The van der Waals surface area contributed by atoms with Crippen LogP contribution < -0.4 is 14.4 Å². The summed E-state index contributed by atoms with van der Waals surface area (Å²) >= 11 is 1.09. The number of carbonyl (C=O) groups excluding carboxylic acids is 1. The van der Waals surface area contributed by atoms with Gasteiger partial charge in [-0.05, 0) is 54.1 Å². The fourth-order valence-corrected chi connectivity index (χ4v) is 3.52. The van der Waals surface area contributed by atoms with Crippen molar-refractivity contribution in [3.05, 3.63) is 52.4 Å². The molecule has 6 nitrogen and oxygen atoms in total. The largest absolute Gasteiger partial charge is 0.502 e. The summed E-state index contributed by atoms with van der Waals surface area (Å²) in [7, 11) is 2.88. The van der Waals surface area contributed by atoms with Gasteiger partial charge < -0.3 is 14.6 Å². The van der Waals surface area contributed by atoms with Gasteiger partial charge in [-0.3, -0.25) is 15.1 Å². The lowest BCUT2D eigenvalue weighted by Crippen LogP contribution is -2.28. The fourth-order valence-electron chi connectivity index (χ4n) is 2.67. The van der Waals surface area contributed by atoms with E-state index in [9.17, 15) is 9.90 Å². The maximum absolute atomic E-state index is 12.8. The van der Waals surface area contributed by atoms with Crippen LogP contribution in [0.4, 0.5) is 5.69 Å². The SMILES string of the molecule is COc1cc(/C=C2\SC(=N)N(c3ccccc3C)C2=O)cc(OC)c1O. The third kappa shape index (κ3) is 3.13. The summed E-state index contributed by atoms with van der Waals surface area (Å²) in [6.07, 6.45) is 1.66. The molecule has 0 spiro atoms. The first-order valence-corrected chi connectivity index (χ1v) is 8.61. The van der Waals surface area contributed by atoms with Crippen LogP contribution in [0.25, 0.3) is 6.08 Å². The monoisotopic (exact) mass is 370 g/mol. The molecule has 0 unspecified atom stereocenters. The number of aryl methyl sites for hydroxylation is 1. The van der Waals surface area contributed by atoms with Crippen molar-refractivity contribution in [2.24, 2.45) is 0 Å². The fraction of sp³-hybridized carbons (Fsp3) is 0.158. The van der Waals surface area contributed by atoms with Crippen molar-refractivity contribution in [3.8, 4) is 17.2 Å². The van der Waals surface area contributed by atoms with E-state index in [1.807, 2.05) is 31.2 Å². The molecule has 1 amide bonds. The van der Waals surface area contributed by atoms with Crippen molar-refractivity contribution in [2.45, 2.75) is 6.92 Å². The molecule has 1 aliphatic rings. The van der Waals surface area contributed by atoms with Gasteiger partial charge >= 0.3 is 0 Å². The van der Waals surface area contributed by atoms with Crippen molar-refractivity contribution in [3.63, 3.8) is 0 Å². The number of nitrogens with one attached hydrogen (secondary N) is 1. The second-order valence-electron chi connectivity index (χ2n) is 5.62. The lowest BCUT2D eigenvalue weighted by atomic mass is 10.1. The topological polar surface area (TPSA) is 82.9 Å². The smallest absolute Gasteiger partial charge is 0.271 e. The number of phenolic OH excluding ortho intramolecular Hbond substituents is 1. The number of hydrogen-bond acceptors (Lipinski definition) is 6. The van der Waals surface area contributed by atoms with Gasteiger partial charge in [-0.25, -0.2) is 0 Å². The quantitative estimate of drug-likeness (QED) is 0.801. The van der Waals surface area contributed by atoms with Crippen LogP contribution in [0.15, 0.2) is 41.3 Å². The number of amidine groups is 1. The number of hydrogen-bond donors (Lipinski definition) is 2. The first kappa shape index (κ1) is 17.9. The number of thioether (sulfide) groups is 1. The van der Waals surface area contributed by atoms with E-state index >= 15 is 0 Å². The van der Waals surface area contributed by atoms with Crippen molar-refractivity contribution < 1.29 is 19.4 Å². The summed E-state index contributed by atoms with van der Waals surface area (Å²) in [5, 5.41) is 18.3. The standard InChI is InChI=1S/C19H18N2O4S/c1-11-6-4-5-7-13(11)21-18(23)16(26-19(21)20)10-12-8-14(24-2)17(22)15(9-12)25-3/h4-10,20,22H,1-3H3/b16-10-,20-19?. The Labute approximate surface area is 155 Å². The van der Waals surface area contributed by atoms with E-state index in [1.165, 1.54) is 19.1 Å². The number of benzene rings is 2. The van der Waals surface area contributed by atoms with Crippen LogP contribution in [-0.2, 0) is 4.79 Å². The number of nitrogens with zero attached hydrogens (tertiary/aromatic N) is 1. The van der Waals surface area contributed by atoms with Crippen molar-refractivity contribution in [1.82, 2.24) is 0 Å². The normalized spacial score (nSPS) is 15.7. The maximum Gasteiger partial charge on any atom is 0.271 e. The average molecular weight is 370 g/mol. The van der Waals surface area contributed by atoms with E-state index in [1.54, 1.807) is 18.2 Å². The second kappa shape index (κ2) is 7.13. The zero-order valence-electron chi connectivity index (χ0n) is 14.6. The van der Waals surface area contributed by atoms with Gasteiger partial charge in [-0.1, -0.05) is 18.2 Å². The van der Waals surface area contributed by atoms with E-state index in [0.717, 1.165) is 17.3 Å². The Bertz CT molecular complexity index is 899. The molecule has 0 atom stereocenters. The minimum absolute atomic E-state index is 0.100. The molecule has 0 saturated carbocycles. The summed E-state index contributed by atoms with van der Waals surface area (Å²) in [4.78, 5) is 14.6. The van der Waals surface area contributed by atoms with E-state index < -0.39 is 0 Å². The highest BCUT2D eigenvalue weighted by Gasteiger charge is 2.34. The minimum atomic E-state index is -0.264. The van der Waals surface area contributed by atoms with Crippen LogP contribution in [-0.4, -0.2) is 30.4 Å². The summed E-state index contributed by atoms with van der Waals surface area (Å²) < 4.78 is 10.3. The highest BCUT2D eigenvalue weighted by molar-refractivity contribution is 8.19. The molecule has 0 aliphatic carbocycles. The van der Waals surface area contributed by atoms with Crippen LogP contribution in [0.2, 0.25) is 0 Å². The molecule has 1 fully saturated rings. The molecule has 2 N–H and O–H groups in total. The molecule has 1 aliphatic heterocycles. The number of aromatic hydroxyl groups is 1. The van der Waals surface area contributed by atoms with Gasteiger partial charge in [0.25, 0.3) is 5.91 Å². The van der Waals surface area contributed by atoms with Gasteiger partial charge in [0.05, 0.1) is 24.8 Å². The third-order valence-electron chi connectivity index (χ3n) is 3.98. The molecular weight excluding hydrogens is 352 g/mol. The van der Waals surface area contributed by atoms with Gasteiger partial charge in [-0.2, -0.15) is 0 Å². The summed E-state index contributed by atoms with van der Waals surface area (Å²) in [5.74, 6) is 0.132. The molecular formula is C19H18N2O4S.